The maximum Gasteiger partial charge on any atom is 0.251 e. The first-order chi connectivity index (χ1) is 13.5. The highest BCUT2D eigenvalue weighted by Gasteiger charge is 2.23. The molecular weight excluding hydrogens is 372 g/mol. The maximum absolute atomic E-state index is 12.6. The van der Waals surface area contributed by atoms with Crippen molar-refractivity contribution in [2.45, 2.75) is 43.4 Å². The van der Waals surface area contributed by atoms with Crippen LogP contribution in [-0.2, 0) is 16.6 Å². The number of benzene rings is 2. The van der Waals surface area contributed by atoms with Gasteiger partial charge < -0.3 is 9.73 Å². The third-order valence-electron chi connectivity index (χ3n) is 4.75. The minimum Gasteiger partial charge on any atom is -0.441 e. The lowest BCUT2D eigenvalue weighted by Gasteiger charge is -2.03. The fourth-order valence-corrected chi connectivity index (χ4v) is 3.97. The lowest BCUT2D eigenvalue weighted by molar-refractivity contribution is 0.0951. The molecule has 0 radical (unpaired) electrons. The van der Waals surface area contributed by atoms with Crippen molar-refractivity contribution in [1.29, 1.82) is 0 Å². The van der Waals surface area contributed by atoms with Gasteiger partial charge in [-0.15, -0.1) is 0 Å². The predicted molar refractivity (Wildman–Crippen MR) is 108 cm³/mol. The lowest BCUT2D eigenvalue weighted by Crippen LogP contribution is -2.25. The number of carbonyl (C=O) groups is 1. The van der Waals surface area contributed by atoms with Crippen LogP contribution in [0.3, 0.4) is 0 Å². The van der Waals surface area contributed by atoms with Gasteiger partial charge in [0.2, 0.25) is 5.89 Å². The van der Waals surface area contributed by atoms with Crippen molar-refractivity contribution in [1.82, 2.24) is 10.3 Å². The third kappa shape index (κ3) is 4.22. The van der Waals surface area contributed by atoms with Gasteiger partial charge in [0.05, 0.1) is 22.2 Å². The average molecular weight is 394 g/mol. The van der Waals surface area contributed by atoms with Gasteiger partial charge in [-0.1, -0.05) is 17.7 Å². The molecule has 3 aromatic rings. The first-order valence-corrected chi connectivity index (χ1v) is 10.6. The molecule has 144 valence electrons. The van der Waals surface area contributed by atoms with Crippen LogP contribution < -0.4 is 5.32 Å². The van der Waals surface area contributed by atoms with Gasteiger partial charge in [0, 0.05) is 22.1 Å². The Morgan fingerprint density at radius 3 is 2.43 bits per heavy atom. The van der Waals surface area contributed by atoms with E-state index < -0.39 is 10.8 Å². The molecule has 6 heteroatoms. The van der Waals surface area contributed by atoms with E-state index in [0.717, 1.165) is 28.9 Å². The summed E-state index contributed by atoms with van der Waals surface area (Å²) in [6, 6.07) is 15.2. The Labute approximate surface area is 166 Å². The molecule has 1 aliphatic rings. The van der Waals surface area contributed by atoms with Gasteiger partial charge in [0.25, 0.3) is 5.91 Å². The summed E-state index contributed by atoms with van der Waals surface area (Å²) in [5.74, 6) is 1.39. The van der Waals surface area contributed by atoms with Crippen molar-refractivity contribution in [3.05, 3.63) is 71.1 Å². The Morgan fingerprint density at radius 2 is 1.79 bits per heavy atom. The Balaban J connectivity index is 1.48. The van der Waals surface area contributed by atoms with Crippen molar-refractivity contribution in [2.24, 2.45) is 0 Å². The molecular formula is C22H22N2O3S. The number of carbonyl (C=O) groups excluding carboxylic acids is 1. The summed E-state index contributed by atoms with van der Waals surface area (Å²) >= 11 is 0. The second-order valence-corrected chi connectivity index (χ2v) is 8.60. The highest BCUT2D eigenvalue weighted by atomic mass is 32.2. The van der Waals surface area contributed by atoms with Crippen LogP contribution in [0.25, 0.3) is 11.5 Å². The first kappa shape index (κ1) is 18.6. The molecule has 4 rings (SSSR count). The summed E-state index contributed by atoms with van der Waals surface area (Å²) in [6.07, 6.45) is 2.12. The van der Waals surface area contributed by atoms with Crippen molar-refractivity contribution in [3.8, 4) is 11.5 Å². The van der Waals surface area contributed by atoms with Gasteiger partial charge in [0.15, 0.2) is 0 Å². The molecule has 5 nitrogen and oxygen atoms in total. The molecule has 1 saturated carbocycles. The van der Waals surface area contributed by atoms with Crippen molar-refractivity contribution in [3.63, 3.8) is 0 Å². The fraction of sp³-hybridized carbons (Fsp3) is 0.273. The quantitative estimate of drug-likeness (QED) is 0.681. The number of rotatable bonds is 6. The zero-order valence-electron chi connectivity index (χ0n) is 15.9. The van der Waals surface area contributed by atoms with E-state index >= 15 is 0 Å². The summed E-state index contributed by atoms with van der Waals surface area (Å²) < 4.78 is 18.4. The van der Waals surface area contributed by atoms with Gasteiger partial charge in [-0.05, 0) is 63.1 Å². The van der Waals surface area contributed by atoms with Crippen molar-refractivity contribution < 1.29 is 13.4 Å². The normalized spacial score (nSPS) is 14.6. The second-order valence-electron chi connectivity index (χ2n) is 7.15. The van der Waals surface area contributed by atoms with Crippen LogP contribution in [0.15, 0.2) is 57.8 Å². The summed E-state index contributed by atoms with van der Waals surface area (Å²) in [6.45, 7) is 3.83. The smallest absolute Gasteiger partial charge is 0.251 e. The molecule has 2 aromatic carbocycles. The van der Waals surface area contributed by atoms with E-state index in [0.29, 0.717) is 34.7 Å². The predicted octanol–water partition coefficient (Wildman–Crippen LogP) is 4.16. The monoisotopic (exact) mass is 394 g/mol. The molecule has 0 spiro atoms. The molecule has 1 heterocycles. The van der Waals surface area contributed by atoms with E-state index in [2.05, 4.69) is 10.3 Å². The molecule has 28 heavy (non-hydrogen) atoms. The highest BCUT2D eigenvalue weighted by Crippen LogP contribution is 2.25. The first-order valence-electron chi connectivity index (χ1n) is 9.32. The van der Waals surface area contributed by atoms with Crippen molar-refractivity contribution >= 4 is 16.7 Å². The number of aromatic nitrogens is 1. The van der Waals surface area contributed by atoms with Crippen LogP contribution in [0.2, 0.25) is 0 Å². The van der Waals surface area contributed by atoms with E-state index in [1.807, 2.05) is 50.2 Å². The zero-order valence-corrected chi connectivity index (χ0v) is 16.7. The topological polar surface area (TPSA) is 72.2 Å². The van der Waals surface area contributed by atoms with E-state index in [-0.39, 0.29) is 5.91 Å². The summed E-state index contributed by atoms with van der Waals surface area (Å²) in [5.41, 5.74) is 3.23. The van der Waals surface area contributed by atoms with Crippen LogP contribution in [0.1, 0.15) is 40.2 Å². The Kier molecular flexibility index (Phi) is 5.13. The van der Waals surface area contributed by atoms with Gasteiger partial charge in [0.1, 0.15) is 5.76 Å². The molecule has 0 bridgehead atoms. The summed E-state index contributed by atoms with van der Waals surface area (Å²) in [7, 11) is -1.18. The Bertz CT molecular complexity index is 1020. The minimum atomic E-state index is -1.18. The van der Waals surface area contributed by atoms with Gasteiger partial charge in [-0.2, -0.15) is 0 Å². The van der Waals surface area contributed by atoms with Crippen LogP contribution >= 0.6 is 0 Å². The number of amides is 1. The number of nitrogens with zero attached hydrogens (tertiary/aromatic N) is 1. The number of oxazole rings is 1. The van der Waals surface area contributed by atoms with E-state index in [4.69, 9.17) is 4.42 Å². The average Bonchev–Trinajstić information content (AvgIpc) is 3.44. The second kappa shape index (κ2) is 7.72. The molecule has 1 fully saturated rings. The molecule has 0 aliphatic heterocycles. The maximum atomic E-state index is 12.6. The van der Waals surface area contributed by atoms with Gasteiger partial charge in [-0.3, -0.25) is 9.00 Å². The Morgan fingerprint density at radius 1 is 1.11 bits per heavy atom. The molecule has 1 amide bonds. The van der Waals surface area contributed by atoms with Crippen LogP contribution in [0, 0.1) is 13.8 Å². The number of nitrogens with one attached hydrogen (secondary N) is 1. The molecule has 1 N–H and O–H groups in total. The van der Waals surface area contributed by atoms with E-state index in [9.17, 15) is 9.00 Å². The molecule has 0 saturated heterocycles. The number of hydrogen-bond acceptors (Lipinski definition) is 4. The van der Waals surface area contributed by atoms with Gasteiger partial charge in [-0.25, -0.2) is 4.98 Å². The third-order valence-corrected chi connectivity index (χ3v) is 6.08. The summed E-state index contributed by atoms with van der Waals surface area (Å²) in [4.78, 5) is 17.4. The summed E-state index contributed by atoms with van der Waals surface area (Å²) in [5, 5.41) is 2.97. The standard InChI is InChI=1S/C22H22N2O3S/c1-14-3-11-19(12-4-14)28(26)13-20-15(2)27-22(24-20)17-7-5-16(6-8-17)21(25)23-18-9-10-18/h3-8,11-12,18H,9-10,13H2,1-2H3,(H,23,25)/t28-/m0/s1. The van der Waals surface area contributed by atoms with Crippen molar-refractivity contribution in [2.75, 3.05) is 0 Å². The van der Waals surface area contributed by atoms with E-state index in [1.54, 1.807) is 12.1 Å². The Hall–Kier alpha value is -2.73. The number of aryl methyl sites for hydroxylation is 2. The SMILES string of the molecule is Cc1ccc([S@@](=O)Cc2nc(-c3ccc(C(=O)NC4CC4)cc3)oc2C)cc1. The van der Waals surface area contributed by atoms with Crippen LogP contribution in [-0.4, -0.2) is 21.1 Å². The van der Waals surface area contributed by atoms with Crippen LogP contribution in [0.5, 0.6) is 0 Å². The van der Waals surface area contributed by atoms with Gasteiger partial charge >= 0.3 is 0 Å². The molecule has 1 atom stereocenters. The highest BCUT2D eigenvalue weighted by molar-refractivity contribution is 7.84. The molecule has 1 aromatic heterocycles. The fourth-order valence-electron chi connectivity index (χ4n) is 2.84. The van der Waals surface area contributed by atoms with E-state index in [1.165, 1.54) is 0 Å². The van der Waals surface area contributed by atoms with Crippen LogP contribution in [0.4, 0.5) is 0 Å². The molecule has 0 unspecified atom stereocenters. The molecule has 1 aliphatic carbocycles. The zero-order chi connectivity index (χ0) is 19.7. The number of hydrogen-bond donors (Lipinski definition) is 1. The minimum absolute atomic E-state index is 0.0492. The lowest BCUT2D eigenvalue weighted by atomic mass is 10.1. The largest absolute Gasteiger partial charge is 0.441 e.